The van der Waals surface area contributed by atoms with Crippen LogP contribution in [0.25, 0.3) is 11.4 Å². The molecule has 1 heterocycles. The Morgan fingerprint density at radius 2 is 1.89 bits per heavy atom. The topological polar surface area (TPSA) is 38.0 Å². The van der Waals surface area contributed by atoms with Crippen molar-refractivity contribution in [2.24, 2.45) is 5.41 Å². The smallest absolute Gasteiger partial charge is 0.139 e. The maximum absolute atomic E-state index is 10.2. The molecule has 2 aromatic rings. The summed E-state index contributed by atoms with van der Waals surface area (Å²) < 4.78 is 2.01. The van der Waals surface area contributed by atoms with Crippen molar-refractivity contribution in [2.75, 3.05) is 0 Å². The summed E-state index contributed by atoms with van der Waals surface area (Å²) in [4.78, 5) is 4.37. The van der Waals surface area contributed by atoms with Crippen LogP contribution >= 0.6 is 0 Å². The standard InChI is InChI=1S/C15H20N2O/c1-15(2,3)13(18)11-17-10-9-16-14(17)12-7-5-4-6-8-12/h4-10,13,18H,11H2,1-3H3. The van der Waals surface area contributed by atoms with Gasteiger partial charge in [0.2, 0.25) is 0 Å². The van der Waals surface area contributed by atoms with Crippen molar-refractivity contribution in [2.45, 2.75) is 33.4 Å². The number of imidazole rings is 1. The number of aliphatic hydroxyl groups excluding tert-OH is 1. The van der Waals surface area contributed by atoms with Crippen molar-refractivity contribution < 1.29 is 5.11 Å². The van der Waals surface area contributed by atoms with Gasteiger partial charge in [-0.2, -0.15) is 0 Å². The number of benzene rings is 1. The number of aromatic nitrogens is 2. The molecule has 0 saturated heterocycles. The van der Waals surface area contributed by atoms with Crippen molar-refractivity contribution >= 4 is 0 Å². The molecule has 0 bridgehead atoms. The summed E-state index contributed by atoms with van der Waals surface area (Å²) in [6, 6.07) is 10.0. The first-order valence-corrected chi connectivity index (χ1v) is 6.23. The summed E-state index contributed by atoms with van der Waals surface area (Å²) in [5, 5.41) is 10.2. The molecular formula is C15H20N2O. The molecule has 0 radical (unpaired) electrons. The lowest BCUT2D eigenvalue weighted by Gasteiger charge is -2.26. The average Bonchev–Trinajstić information content (AvgIpc) is 2.77. The SMILES string of the molecule is CC(C)(C)C(O)Cn1ccnc1-c1ccccc1. The molecule has 0 aliphatic carbocycles. The van der Waals surface area contributed by atoms with Crippen LogP contribution in [0, 0.1) is 5.41 Å². The van der Waals surface area contributed by atoms with Crippen LogP contribution in [0.4, 0.5) is 0 Å². The first kappa shape index (κ1) is 12.8. The quantitative estimate of drug-likeness (QED) is 0.901. The van der Waals surface area contributed by atoms with E-state index >= 15 is 0 Å². The van der Waals surface area contributed by atoms with E-state index in [1.807, 2.05) is 61.9 Å². The van der Waals surface area contributed by atoms with Crippen LogP contribution in [0.5, 0.6) is 0 Å². The Balaban J connectivity index is 2.24. The van der Waals surface area contributed by atoms with E-state index < -0.39 is 6.10 Å². The second-order valence-electron chi connectivity index (χ2n) is 5.65. The van der Waals surface area contributed by atoms with E-state index in [2.05, 4.69) is 4.98 Å². The molecular weight excluding hydrogens is 224 g/mol. The minimum atomic E-state index is -0.394. The molecule has 1 atom stereocenters. The molecule has 0 fully saturated rings. The molecule has 18 heavy (non-hydrogen) atoms. The Labute approximate surface area is 108 Å². The van der Waals surface area contributed by atoms with E-state index in [-0.39, 0.29) is 5.41 Å². The molecule has 96 valence electrons. The Hall–Kier alpha value is -1.61. The van der Waals surface area contributed by atoms with Crippen LogP contribution < -0.4 is 0 Å². The van der Waals surface area contributed by atoms with E-state index in [9.17, 15) is 5.11 Å². The van der Waals surface area contributed by atoms with E-state index in [0.29, 0.717) is 6.54 Å². The van der Waals surface area contributed by atoms with Crippen LogP contribution in [0.15, 0.2) is 42.7 Å². The van der Waals surface area contributed by atoms with Gasteiger partial charge in [-0.15, -0.1) is 0 Å². The molecule has 1 aromatic carbocycles. The fourth-order valence-electron chi connectivity index (χ4n) is 1.76. The Kier molecular flexibility index (Phi) is 3.53. The van der Waals surface area contributed by atoms with E-state index in [0.717, 1.165) is 11.4 Å². The van der Waals surface area contributed by atoms with Crippen molar-refractivity contribution in [3.8, 4) is 11.4 Å². The van der Waals surface area contributed by atoms with Gasteiger partial charge in [0.1, 0.15) is 5.82 Å². The highest BCUT2D eigenvalue weighted by Crippen LogP contribution is 2.23. The van der Waals surface area contributed by atoms with Gasteiger partial charge in [-0.25, -0.2) is 4.98 Å². The fraction of sp³-hybridized carbons (Fsp3) is 0.400. The Bertz CT molecular complexity index is 497. The van der Waals surface area contributed by atoms with Gasteiger partial charge in [-0.1, -0.05) is 51.1 Å². The molecule has 1 N–H and O–H groups in total. The van der Waals surface area contributed by atoms with Gasteiger partial charge in [0.05, 0.1) is 12.6 Å². The van der Waals surface area contributed by atoms with E-state index in [1.165, 1.54) is 0 Å². The molecule has 2 rings (SSSR count). The van der Waals surface area contributed by atoms with Gasteiger partial charge >= 0.3 is 0 Å². The first-order chi connectivity index (χ1) is 8.48. The highest BCUT2D eigenvalue weighted by atomic mass is 16.3. The normalized spacial score (nSPS) is 13.6. The fourth-order valence-corrected chi connectivity index (χ4v) is 1.76. The zero-order valence-electron chi connectivity index (χ0n) is 11.2. The molecule has 0 amide bonds. The van der Waals surface area contributed by atoms with Gasteiger partial charge in [0, 0.05) is 18.0 Å². The van der Waals surface area contributed by atoms with Crippen LogP contribution in [-0.4, -0.2) is 20.8 Å². The summed E-state index contributed by atoms with van der Waals surface area (Å²) >= 11 is 0. The molecule has 0 saturated carbocycles. The number of hydrogen-bond acceptors (Lipinski definition) is 2. The highest BCUT2D eigenvalue weighted by molar-refractivity contribution is 5.55. The molecule has 3 nitrogen and oxygen atoms in total. The number of rotatable bonds is 3. The highest BCUT2D eigenvalue weighted by Gasteiger charge is 2.23. The third-order valence-electron chi connectivity index (χ3n) is 3.12. The summed E-state index contributed by atoms with van der Waals surface area (Å²) in [7, 11) is 0. The van der Waals surface area contributed by atoms with Gasteiger partial charge in [-0.3, -0.25) is 0 Å². The van der Waals surface area contributed by atoms with Gasteiger partial charge in [-0.05, 0) is 5.41 Å². The summed E-state index contributed by atoms with van der Waals surface area (Å²) in [6.07, 6.45) is 3.30. The van der Waals surface area contributed by atoms with Gasteiger partial charge in [0.25, 0.3) is 0 Å². The summed E-state index contributed by atoms with van der Waals surface area (Å²) in [6.45, 7) is 6.68. The molecule has 1 aromatic heterocycles. The van der Waals surface area contributed by atoms with Crippen molar-refractivity contribution in [3.63, 3.8) is 0 Å². The van der Waals surface area contributed by atoms with Crippen LogP contribution in [0.1, 0.15) is 20.8 Å². The van der Waals surface area contributed by atoms with Gasteiger partial charge < -0.3 is 9.67 Å². The largest absolute Gasteiger partial charge is 0.391 e. The Morgan fingerprint density at radius 1 is 1.22 bits per heavy atom. The summed E-state index contributed by atoms with van der Waals surface area (Å²) in [5.74, 6) is 0.902. The molecule has 1 unspecified atom stereocenters. The monoisotopic (exact) mass is 244 g/mol. The first-order valence-electron chi connectivity index (χ1n) is 6.23. The van der Waals surface area contributed by atoms with E-state index in [4.69, 9.17) is 0 Å². The molecule has 0 aliphatic heterocycles. The molecule has 0 aliphatic rings. The number of hydrogen-bond donors (Lipinski definition) is 1. The Morgan fingerprint density at radius 3 is 2.50 bits per heavy atom. The maximum atomic E-state index is 10.2. The maximum Gasteiger partial charge on any atom is 0.139 e. The lowest BCUT2D eigenvalue weighted by molar-refractivity contribution is 0.0484. The summed E-state index contributed by atoms with van der Waals surface area (Å²) in [5.41, 5.74) is 0.946. The van der Waals surface area contributed by atoms with Crippen LogP contribution in [-0.2, 0) is 6.54 Å². The third kappa shape index (κ3) is 2.79. The second kappa shape index (κ2) is 4.94. The zero-order valence-corrected chi connectivity index (χ0v) is 11.2. The number of aliphatic hydroxyl groups is 1. The minimum absolute atomic E-state index is 0.127. The lowest BCUT2D eigenvalue weighted by atomic mass is 9.89. The zero-order chi connectivity index (χ0) is 13.2. The predicted octanol–water partition coefficient (Wildman–Crippen LogP) is 2.96. The molecule has 3 heteroatoms. The average molecular weight is 244 g/mol. The lowest BCUT2D eigenvalue weighted by Crippen LogP contribution is -2.30. The van der Waals surface area contributed by atoms with Crippen molar-refractivity contribution in [1.82, 2.24) is 9.55 Å². The van der Waals surface area contributed by atoms with Crippen LogP contribution in [0.3, 0.4) is 0 Å². The van der Waals surface area contributed by atoms with Gasteiger partial charge in [0.15, 0.2) is 0 Å². The molecule has 0 spiro atoms. The van der Waals surface area contributed by atoms with E-state index in [1.54, 1.807) is 6.20 Å². The van der Waals surface area contributed by atoms with Crippen molar-refractivity contribution in [3.05, 3.63) is 42.7 Å². The second-order valence-corrected chi connectivity index (χ2v) is 5.65. The van der Waals surface area contributed by atoms with Crippen LogP contribution in [0.2, 0.25) is 0 Å². The third-order valence-corrected chi connectivity index (χ3v) is 3.12. The van der Waals surface area contributed by atoms with Crippen molar-refractivity contribution in [1.29, 1.82) is 0 Å². The number of nitrogens with zero attached hydrogens (tertiary/aromatic N) is 2. The predicted molar refractivity (Wildman–Crippen MR) is 73.1 cm³/mol. The minimum Gasteiger partial charge on any atom is -0.391 e.